The molecule has 0 aliphatic rings. The second-order valence-electron chi connectivity index (χ2n) is 4.84. The van der Waals surface area contributed by atoms with Crippen LogP contribution in [0.3, 0.4) is 0 Å². The molecule has 0 amide bonds. The van der Waals surface area contributed by atoms with Crippen molar-refractivity contribution in [1.82, 2.24) is 4.90 Å². The third-order valence-electron chi connectivity index (χ3n) is 3.24. The molecule has 108 valence electrons. The van der Waals surface area contributed by atoms with Gasteiger partial charge in [0.25, 0.3) is 0 Å². The smallest absolute Gasteiger partial charge is 0.161 e. The highest BCUT2D eigenvalue weighted by Crippen LogP contribution is 2.29. The van der Waals surface area contributed by atoms with Crippen molar-refractivity contribution in [3.63, 3.8) is 0 Å². The first-order chi connectivity index (χ1) is 9.12. The molecule has 0 saturated carbocycles. The van der Waals surface area contributed by atoms with Crippen LogP contribution in [-0.2, 0) is 0 Å². The zero-order chi connectivity index (χ0) is 14.3. The molecule has 0 aliphatic heterocycles. The number of nitrogens with two attached hydrogens (primary N) is 1. The summed E-state index contributed by atoms with van der Waals surface area (Å²) >= 11 is 0. The van der Waals surface area contributed by atoms with Gasteiger partial charge in [-0.2, -0.15) is 0 Å². The molecule has 0 bridgehead atoms. The molecule has 1 atom stereocenters. The van der Waals surface area contributed by atoms with Gasteiger partial charge in [-0.1, -0.05) is 19.4 Å². The van der Waals surface area contributed by atoms with Crippen molar-refractivity contribution in [3.8, 4) is 11.5 Å². The molecule has 4 heteroatoms. The molecule has 1 unspecified atom stereocenters. The molecule has 2 N–H and O–H groups in total. The van der Waals surface area contributed by atoms with E-state index in [1.54, 1.807) is 14.2 Å². The molecule has 0 saturated heterocycles. The zero-order valence-corrected chi connectivity index (χ0v) is 12.5. The Bertz CT molecular complexity index is 382. The Kier molecular flexibility index (Phi) is 6.67. The Labute approximate surface area is 116 Å². The van der Waals surface area contributed by atoms with Gasteiger partial charge in [0.1, 0.15) is 0 Å². The Morgan fingerprint density at radius 3 is 2.47 bits per heavy atom. The number of hydrogen-bond acceptors (Lipinski definition) is 4. The van der Waals surface area contributed by atoms with Crippen LogP contribution in [0.25, 0.3) is 0 Å². The van der Waals surface area contributed by atoms with E-state index >= 15 is 0 Å². The molecular formula is C15H26N2O2. The number of unbranched alkanes of at least 4 members (excludes halogenated alkanes) is 1. The fourth-order valence-electron chi connectivity index (χ4n) is 2.04. The topological polar surface area (TPSA) is 47.7 Å². The van der Waals surface area contributed by atoms with Crippen LogP contribution in [0, 0.1) is 0 Å². The van der Waals surface area contributed by atoms with Crippen LogP contribution in [0.15, 0.2) is 18.2 Å². The van der Waals surface area contributed by atoms with Gasteiger partial charge in [0, 0.05) is 12.6 Å². The fraction of sp³-hybridized carbons (Fsp3) is 0.600. The molecule has 0 heterocycles. The Morgan fingerprint density at radius 2 is 1.89 bits per heavy atom. The number of nitrogens with zero attached hydrogens (tertiary/aromatic N) is 1. The van der Waals surface area contributed by atoms with E-state index in [2.05, 4.69) is 18.9 Å². The summed E-state index contributed by atoms with van der Waals surface area (Å²) in [7, 11) is 5.38. The highest BCUT2D eigenvalue weighted by Gasteiger charge is 2.12. The van der Waals surface area contributed by atoms with Gasteiger partial charge < -0.3 is 20.1 Å². The van der Waals surface area contributed by atoms with Gasteiger partial charge in [-0.25, -0.2) is 0 Å². The SMILES string of the molecule is CCCCN(C)CC(N)c1ccc(OC)c(OC)c1. The third-order valence-corrected chi connectivity index (χ3v) is 3.24. The molecule has 1 aromatic rings. The molecular weight excluding hydrogens is 240 g/mol. The van der Waals surface area contributed by atoms with Crippen molar-refractivity contribution in [3.05, 3.63) is 23.8 Å². The summed E-state index contributed by atoms with van der Waals surface area (Å²) < 4.78 is 10.5. The van der Waals surface area contributed by atoms with Gasteiger partial charge in [-0.15, -0.1) is 0 Å². The maximum atomic E-state index is 6.24. The van der Waals surface area contributed by atoms with Gasteiger partial charge in [-0.05, 0) is 37.7 Å². The normalized spacial score (nSPS) is 12.5. The van der Waals surface area contributed by atoms with Crippen molar-refractivity contribution in [2.24, 2.45) is 5.73 Å². The zero-order valence-electron chi connectivity index (χ0n) is 12.5. The molecule has 0 radical (unpaired) electrons. The predicted octanol–water partition coefficient (Wildman–Crippen LogP) is 2.44. The number of likely N-dealkylation sites (N-methyl/N-ethyl adjacent to an activating group) is 1. The minimum absolute atomic E-state index is 0.0123. The third kappa shape index (κ3) is 4.73. The molecule has 1 aromatic carbocycles. The summed E-state index contributed by atoms with van der Waals surface area (Å²) in [6, 6.07) is 5.85. The molecule has 0 spiro atoms. The Balaban J connectivity index is 2.68. The van der Waals surface area contributed by atoms with Crippen molar-refractivity contribution >= 4 is 0 Å². The Hall–Kier alpha value is -1.26. The van der Waals surface area contributed by atoms with Crippen molar-refractivity contribution in [2.75, 3.05) is 34.4 Å². The van der Waals surface area contributed by atoms with Crippen LogP contribution in [0.4, 0.5) is 0 Å². The lowest BCUT2D eigenvalue weighted by molar-refractivity contribution is 0.306. The van der Waals surface area contributed by atoms with Gasteiger partial charge >= 0.3 is 0 Å². The fourth-order valence-corrected chi connectivity index (χ4v) is 2.04. The van der Waals surface area contributed by atoms with Crippen molar-refractivity contribution < 1.29 is 9.47 Å². The summed E-state index contributed by atoms with van der Waals surface area (Å²) in [4.78, 5) is 2.27. The lowest BCUT2D eigenvalue weighted by atomic mass is 10.1. The average molecular weight is 266 g/mol. The van der Waals surface area contributed by atoms with Gasteiger partial charge in [0.15, 0.2) is 11.5 Å². The summed E-state index contributed by atoms with van der Waals surface area (Å²) in [6.07, 6.45) is 2.41. The quantitative estimate of drug-likeness (QED) is 0.785. The standard InChI is InChI=1S/C15H26N2O2/c1-5-6-9-17(2)11-13(16)12-7-8-14(18-3)15(10-12)19-4/h7-8,10,13H,5-6,9,11,16H2,1-4H3. The van der Waals surface area contributed by atoms with E-state index < -0.39 is 0 Å². The molecule has 0 fully saturated rings. The second kappa shape index (κ2) is 8.02. The number of methoxy groups -OCH3 is 2. The highest BCUT2D eigenvalue weighted by atomic mass is 16.5. The summed E-state index contributed by atoms with van der Waals surface area (Å²) in [5.41, 5.74) is 7.32. The first-order valence-electron chi connectivity index (χ1n) is 6.78. The maximum absolute atomic E-state index is 6.24. The number of rotatable bonds is 8. The maximum Gasteiger partial charge on any atom is 0.161 e. The average Bonchev–Trinajstić information content (AvgIpc) is 2.44. The van der Waals surface area contributed by atoms with Crippen molar-refractivity contribution in [2.45, 2.75) is 25.8 Å². The van der Waals surface area contributed by atoms with Crippen LogP contribution in [-0.4, -0.2) is 39.3 Å². The van der Waals surface area contributed by atoms with E-state index in [1.807, 2.05) is 18.2 Å². The van der Waals surface area contributed by atoms with E-state index in [0.717, 1.165) is 30.2 Å². The van der Waals surface area contributed by atoms with Crippen LogP contribution >= 0.6 is 0 Å². The van der Waals surface area contributed by atoms with Gasteiger partial charge in [-0.3, -0.25) is 0 Å². The van der Waals surface area contributed by atoms with E-state index in [4.69, 9.17) is 15.2 Å². The number of hydrogen-bond donors (Lipinski definition) is 1. The largest absolute Gasteiger partial charge is 0.493 e. The second-order valence-corrected chi connectivity index (χ2v) is 4.84. The van der Waals surface area contributed by atoms with Crippen molar-refractivity contribution in [1.29, 1.82) is 0 Å². The number of benzene rings is 1. The molecule has 4 nitrogen and oxygen atoms in total. The molecule has 1 rings (SSSR count). The van der Waals surface area contributed by atoms with E-state index in [-0.39, 0.29) is 6.04 Å². The van der Waals surface area contributed by atoms with E-state index in [9.17, 15) is 0 Å². The van der Waals surface area contributed by atoms with Gasteiger partial charge in [0.2, 0.25) is 0 Å². The van der Waals surface area contributed by atoms with Crippen LogP contribution in [0.2, 0.25) is 0 Å². The first-order valence-corrected chi connectivity index (χ1v) is 6.78. The van der Waals surface area contributed by atoms with Crippen LogP contribution in [0.5, 0.6) is 11.5 Å². The number of ether oxygens (including phenoxy) is 2. The summed E-state index contributed by atoms with van der Waals surface area (Å²) in [6.45, 7) is 4.12. The summed E-state index contributed by atoms with van der Waals surface area (Å²) in [5.74, 6) is 1.46. The lowest BCUT2D eigenvalue weighted by Gasteiger charge is -2.22. The molecule has 19 heavy (non-hydrogen) atoms. The first kappa shape index (κ1) is 15.8. The predicted molar refractivity (Wildman–Crippen MR) is 78.9 cm³/mol. The van der Waals surface area contributed by atoms with E-state index in [0.29, 0.717) is 0 Å². The molecule has 0 aromatic heterocycles. The monoisotopic (exact) mass is 266 g/mol. The minimum atomic E-state index is -0.0123. The van der Waals surface area contributed by atoms with Crippen LogP contribution < -0.4 is 15.2 Å². The molecule has 0 aliphatic carbocycles. The minimum Gasteiger partial charge on any atom is -0.493 e. The summed E-state index contributed by atoms with van der Waals surface area (Å²) in [5, 5.41) is 0. The highest BCUT2D eigenvalue weighted by molar-refractivity contribution is 5.43. The van der Waals surface area contributed by atoms with Crippen LogP contribution in [0.1, 0.15) is 31.4 Å². The Morgan fingerprint density at radius 1 is 1.21 bits per heavy atom. The lowest BCUT2D eigenvalue weighted by Crippen LogP contribution is -2.29. The van der Waals surface area contributed by atoms with Gasteiger partial charge in [0.05, 0.1) is 14.2 Å². The van der Waals surface area contributed by atoms with E-state index in [1.165, 1.54) is 12.8 Å².